The van der Waals surface area contributed by atoms with Crippen LogP contribution in [-0.4, -0.2) is 31.1 Å². The highest BCUT2D eigenvalue weighted by molar-refractivity contribution is 5.91. The number of hydrogen-bond acceptors (Lipinski definition) is 7. The summed E-state index contributed by atoms with van der Waals surface area (Å²) in [5, 5.41) is 0. The monoisotopic (exact) mass is 616 g/mol. The number of ether oxygens (including phenoxy) is 4. The molecule has 2 saturated carbocycles. The molecule has 242 valence electrons. The summed E-state index contributed by atoms with van der Waals surface area (Å²) in [5.74, 6) is 2.44. The van der Waals surface area contributed by atoms with Crippen molar-refractivity contribution in [2.45, 2.75) is 109 Å². The second kappa shape index (κ2) is 16.1. The molecule has 3 aliphatic rings. The first-order valence-electron chi connectivity index (χ1n) is 17.1. The molecule has 0 spiro atoms. The quantitative estimate of drug-likeness (QED) is 0.0806. The highest BCUT2D eigenvalue weighted by Crippen LogP contribution is 2.58. The van der Waals surface area contributed by atoms with Crippen LogP contribution in [0.25, 0.3) is 0 Å². The first-order chi connectivity index (χ1) is 22.0. The minimum atomic E-state index is -0.409. The molecule has 0 saturated heterocycles. The Bertz CT molecular complexity index is 1320. The standard InChI is InChI=1S/C38H48O7/c1-3-5-10-26-11-13-27(14-12-26)37(40)44-32-21-22-33(36-30-16-15-29(25-30)35(32)36)45-38(41)28-17-19-31(20-18-28)42-23-8-6-7-9-24-43-34(39)4-2/h4,17-22,26-27,29-30H,2-3,5-16,23-25H2,1H3. The maximum Gasteiger partial charge on any atom is 0.343 e. The van der Waals surface area contributed by atoms with Gasteiger partial charge in [-0.05, 0) is 125 Å². The van der Waals surface area contributed by atoms with Crippen molar-refractivity contribution in [3.63, 3.8) is 0 Å². The highest BCUT2D eigenvalue weighted by Gasteiger charge is 2.42. The lowest BCUT2D eigenvalue weighted by molar-refractivity contribution is -0.140. The zero-order chi connectivity index (χ0) is 31.6. The Morgan fingerprint density at radius 3 is 2.07 bits per heavy atom. The summed E-state index contributed by atoms with van der Waals surface area (Å²) in [5.41, 5.74) is 2.58. The van der Waals surface area contributed by atoms with Crippen molar-refractivity contribution in [1.82, 2.24) is 0 Å². The third-order valence-electron chi connectivity index (χ3n) is 9.82. The predicted octanol–water partition coefficient (Wildman–Crippen LogP) is 8.84. The molecule has 2 bridgehead atoms. The minimum Gasteiger partial charge on any atom is -0.494 e. The molecule has 45 heavy (non-hydrogen) atoms. The number of carbonyl (C=O) groups excluding carboxylic acids is 3. The Morgan fingerprint density at radius 1 is 0.778 bits per heavy atom. The topological polar surface area (TPSA) is 88.1 Å². The van der Waals surface area contributed by atoms with Gasteiger partial charge in [0.25, 0.3) is 0 Å². The van der Waals surface area contributed by atoms with E-state index in [-0.39, 0.29) is 17.9 Å². The summed E-state index contributed by atoms with van der Waals surface area (Å²) in [6.45, 7) is 6.59. The van der Waals surface area contributed by atoms with Gasteiger partial charge in [-0.15, -0.1) is 0 Å². The molecule has 2 aromatic rings. The number of esters is 3. The van der Waals surface area contributed by atoms with E-state index in [1.807, 2.05) is 12.1 Å². The van der Waals surface area contributed by atoms with Gasteiger partial charge in [0.1, 0.15) is 17.2 Å². The summed E-state index contributed by atoms with van der Waals surface area (Å²) in [7, 11) is 0. The molecule has 0 amide bonds. The van der Waals surface area contributed by atoms with Gasteiger partial charge in [0, 0.05) is 17.2 Å². The van der Waals surface area contributed by atoms with Crippen molar-refractivity contribution in [3.05, 3.63) is 65.7 Å². The van der Waals surface area contributed by atoms with Crippen LogP contribution in [0.2, 0.25) is 0 Å². The number of unbranched alkanes of at least 4 members (excludes halogenated alkanes) is 4. The minimum absolute atomic E-state index is 0.0258. The molecule has 0 heterocycles. The Kier molecular flexibility index (Phi) is 11.7. The summed E-state index contributed by atoms with van der Waals surface area (Å²) in [6.07, 6.45) is 15.8. The molecule has 0 aromatic heterocycles. The van der Waals surface area contributed by atoms with E-state index in [0.717, 1.165) is 87.7 Å². The van der Waals surface area contributed by atoms with Gasteiger partial charge in [0.05, 0.1) is 24.7 Å². The van der Waals surface area contributed by atoms with Crippen molar-refractivity contribution in [3.8, 4) is 17.2 Å². The lowest BCUT2D eigenvalue weighted by atomic mass is 9.80. The maximum atomic E-state index is 13.2. The average molecular weight is 617 g/mol. The van der Waals surface area contributed by atoms with E-state index in [0.29, 0.717) is 47.9 Å². The Morgan fingerprint density at radius 2 is 1.42 bits per heavy atom. The van der Waals surface area contributed by atoms with Gasteiger partial charge in [-0.3, -0.25) is 4.79 Å². The molecular weight excluding hydrogens is 568 g/mol. The van der Waals surface area contributed by atoms with Gasteiger partial charge in [0.15, 0.2) is 0 Å². The van der Waals surface area contributed by atoms with Crippen LogP contribution in [-0.2, 0) is 14.3 Å². The fourth-order valence-corrected chi connectivity index (χ4v) is 7.32. The van der Waals surface area contributed by atoms with Gasteiger partial charge in [-0.1, -0.05) is 32.8 Å². The third kappa shape index (κ3) is 8.56. The number of fused-ring (bicyclic) bond motifs is 5. The maximum absolute atomic E-state index is 13.2. The normalized spacial score (nSPS) is 21.5. The second-order valence-electron chi connectivity index (χ2n) is 12.9. The van der Waals surface area contributed by atoms with Crippen LogP contribution < -0.4 is 14.2 Å². The number of carbonyl (C=O) groups is 3. The van der Waals surface area contributed by atoms with E-state index in [4.69, 9.17) is 18.9 Å². The van der Waals surface area contributed by atoms with Crippen LogP contribution in [0.1, 0.15) is 130 Å². The first kappa shape index (κ1) is 32.8. The van der Waals surface area contributed by atoms with E-state index < -0.39 is 5.97 Å². The molecule has 2 unspecified atom stereocenters. The van der Waals surface area contributed by atoms with Crippen LogP contribution in [0.5, 0.6) is 17.2 Å². The van der Waals surface area contributed by atoms with Crippen molar-refractivity contribution in [2.75, 3.05) is 13.2 Å². The van der Waals surface area contributed by atoms with Gasteiger partial charge in [-0.2, -0.15) is 0 Å². The largest absolute Gasteiger partial charge is 0.494 e. The fourth-order valence-electron chi connectivity index (χ4n) is 7.32. The fraction of sp³-hybridized carbons (Fsp3) is 0.553. The molecule has 2 fully saturated rings. The summed E-state index contributed by atoms with van der Waals surface area (Å²) < 4.78 is 22.9. The zero-order valence-corrected chi connectivity index (χ0v) is 26.7. The molecule has 2 atom stereocenters. The van der Waals surface area contributed by atoms with Crippen LogP contribution in [0.15, 0.2) is 49.1 Å². The molecule has 3 aliphatic carbocycles. The third-order valence-corrected chi connectivity index (χ3v) is 9.82. The summed E-state index contributed by atoms with van der Waals surface area (Å²) >= 11 is 0. The lowest BCUT2D eigenvalue weighted by Crippen LogP contribution is -2.26. The Hall–Kier alpha value is -3.61. The summed E-state index contributed by atoms with van der Waals surface area (Å²) in [4.78, 5) is 37.4. The molecular formula is C38H48O7. The van der Waals surface area contributed by atoms with E-state index in [1.54, 1.807) is 24.3 Å². The second-order valence-corrected chi connectivity index (χ2v) is 12.9. The molecule has 7 heteroatoms. The van der Waals surface area contributed by atoms with Crippen molar-refractivity contribution in [2.24, 2.45) is 11.8 Å². The number of benzene rings is 2. The zero-order valence-electron chi connectivity index (χ0n) is 26.7. The molecule has 0 aliphatic heterocycles. The van der Waals surface area contributed by atoms with Gasteiger partial charge in [0.2, 0.25) is 0 Å². The van der Waals surface area contributed by atoms with Crippen molar-refractivity contribution in [1.29, 1.82) is 0 Å². The molecule has 0 N–H and O–H groups in total. The Labute approximate surface area is 267 Å². The predicted molar refractivity (Wildman–Crippen MR) is 173 cm³/mol. The molecule has 2 aromatic carbocycles. The van der Waals surface area contributed by atoms with Gasteiger partial charge >= 0.3 is 17.9 Å². The van der Waals surface area contributed by atoms with E-state index in [1.165, 1.54) is 25.3 Å². The SMILES string of the molecule is C=CC(=O)OCCCCCCOc1ccc(C(=O)Oc2ccc(OC(=O)C3CCC(CCCC)CC3)c3c2C2CCC3C2)cc1. The lowest BCUT2D eigenvalue weighted by Gasteiger charge is -2.28. The molecule has 7 nitrogen and oxygen atoms in total. The Balaban J connectivity index is 1.12. The first-order valence-corrected chi connectivity index (χ1v) is 17.1. The highest BCUT2D eigenvalue weighted by atomic mass is 16.5. The van der Waals surface area contributed by atoms with Crippen molar-refractivity contribution >= 4 is 17.9 Å². The van der Waals surface area contributed by atoms with Gasteiger partial charge in [-0.25, -0.2) is 9.59 Å². The average Bonchev–Trinajstić information content (AvgIpc) is 3.70. The van der Waals surface area contributed by atoms with Crippen LogP contribution in [0, 0.1) is 11.8 Å². The van der Waals surface area contributed by atoms with E-state index in [9.17, 15) is 14.4 Å². The number of rotatable bonds is 16. The smallest absolute Gasteiger partial charge is 0.343 e. The van der Waals surface area contributed by atoms with E-state index >= 15 is 0 Å². The van der Waals surface area contributed by atoms with E-state index in [2.05, 4.69) is 13.5 Å². The van der Waals surface area contributed by atoms with Crippen LogP contribution >= 0.6 is 0 Å². The van der Waals surface area contributed by atoms with Crippen LogP contribution in [0.4, 0.5) is 0 Å². The van der Waals surface area contributed by atoms with Gasteiger partial charge < -0.3 is 18.9 Å². The van der Waals surface area contributed by atoms with Crippen LogP contribution in [0.3, 0.4) is 0 Å². The van der Waals surface area contributed by atoms with Crippen molar-refractivity contribution < 1.29 is 33.3 Å². The molecule has 0 radical (unpaired) electrons. The molecule has 5 rings (SSSR count). The number of hydrogen-bond donors (Lipinski definition) is 0. The summed E-state index contributed by atoms with van der Waals surface area (Å²) in [6, 6.07) is 10.7.